The first-order chi connectivity index (χ1) is 12.4. The number of aliphatic carboxylic acids is 1. The molecule has 0 radical (unpaired) electrons. The Morgan fingerprint density at radius 2 is 1.81 bits per heavy atom. The van der Waals surface area contributed by atoms with Gasteiger partial charge in [-0.25, -0.2) is 0 Å². The van der Waals surface area contributed by atoms with Gasteiger partial charge in [-0.05, 0) is 67.7 Å². The molecule has 1 aliphatic heterocycles. The van der Waals surface area contributed by atoms with Gasteiger partial charge in [0.1, 0.15) is 5.75 Å². The smallest absolute Gasteiger partial charge is 0.306 e. The Hall–Kier alpha value is -2.04. The molecule has 1 heterocycles. The average Bonchev–Trinajstić information content (AvgIpc) is 2.65. The van der Waals surface area contributed by atoms with Gasteiger partial charge in [0.05, 0.1) is 13.0 Å². The fourth-order valence-corrected chi connectivity index (χ4v) is 4.26. The third kappa shape index (κ3) is 3.71. The summed E-state index contributed by atoms with van der Waals surface area (Å²) in [7, 11) is 1.66. The Balaban J connectivity index is 1.82. The highest BCUT2D eigenvalue weighted by atomic mass is 16.5. The summed E-state index contributed by atoms with van der Waals surface area (Å²) in [4.78, 5) is 26.4. The Morgan fingerprint density at radius 1 is 1.15 bits per heavy atom. The summed E-state index contributed by atoms with van der Waals surface area (Å²) >= 11 is 0. The first kappa shape index (κ1) is 18.7. The van der Waals surface area contributed by atoms with Crippen molar-refractivity contribution in [2.75, 3.05) is 18.6 Å². The van der Waals surface area contributed by atoms with Crippen molar-refractivity contribution < 1.29 is 19.4 Å². The number of carbonyl (C=O) groups excluding carboxylic acids is 1. The van der Waals surface area contributed by atoms with Crippen molar-refractivity contribution in [3.63, 3.8) is 0 Å². The van der Waals surface area contributed by atoms with E-state index in [1.54, 1.807) is 7.11 Å². The van der Waals surface area contributed by atoms with Crippen LogP contribution < -0.4 is 9.64 Å². The second-order valence-corrected chi connectivity index (χ2v) is 8.04. The van der Waals surface area contributed by atoms with Crippen LogP contribution in [-0.2, 0) is 16.0 Å². The molecule has 1 atom stereocenters. The number of carboxylic acid groups (broad SMARTS) is 1. The van der Waals surface area contributed by atoms with E-state index in [1.165, 1.54) is 5.56 Å². The van der Waals surface area contributed by atoms with Gasteiger partial charge in [-0.1, -0.05) is 13.8 Å². The molecule has 0 aromatic heterocycles. The van der Waals surface area contributed by atoms with Gasteiger partial charge < -0.3 is 14.7 Å². The molecule has 0 saturated heterocycles. The Bertz CT molecular complexity index is 677. The summed E-state index contributed by atoms with van der Waals surface area (Å²) in [6.07, 6.45) is 3.50. The van der Waals surface area contributed by atoms with Crippen molar-refractivity contribution in [2.24, 2.45) is 23.7 Å². The zero-order valence-corrected chi connectivity index (χ0v) is 15.9. The number of rotatable bonds is 4. The van der Waals surface area contributed by atoms with Crippen LogP contribution in [-0.4, -0.2) is 30.6 Å². The van der Waals surface area contributed by atoms with Crippen molar-refractivity contribution in [1.29, 1.82) is 0 Å². The molecule has 5 heteroatoms. The second-order valence-electron chi connectivity index (χ2n) is 8.04. The molecule has 1 aliphatic carbocycles. The van der Waals surface area contributed by atoms with E-state index < -0.39 is 5.97 Å². The fraction of sp³-hybridized carbons (Fsp3) is 0.619. The highest BCUT2D eigenvalue weighted by Gasteiger charge is 2.36. The molecule has 3 rings (SSSR count). The van der Waals surface area contributed by atoms with Crippen molar-refractivity contribution in [3.05, 3.63) is 23.8 Å². The van der Waals surface area contributed by atoms with Crippen LogP contribution in [0.25, 0.3) is 0 Å². The van der Waals surface area contributed by atoms with Gasteiger partial charge in [-0.15, -0.1) is 0 Å². The lowest BCUT2D eigenvalue weighted by molar-refractivity contribution is -0.144. The summed E-state index contributed by atoms with van der Waals surface area (Å²) in [5.74, 6) is 0.812. The SMILES string of the molecule is COc1ccc2c(c1)CC(C(C)C)CN2C(=O)C1CCC(C(=O)O)CC1. The lowest BCUT2D eigenvalue weighted by Gasteiger charge is -2.39. The standard InChI is InChI=1S/C21H29NO4/c1-13(2)17-10-16-11-18(26-3)8-9-19(16)22(12-17)20(23)14-4-6-15(7-5-14)21(24)25/h8-9,11,13-15,17H,4-7,10,12H2,1-3H3,(H,24,25). The van der Waals surface area contributed by atoms with E-state index in [0.29, 0.717) is 37.5 Å². The highest BCUT2D eigenvalue weighted by Crippen LogP contribution is 2.38. The summed E-state index contributed by atoms with van der Waals surface area (Å²) in [6, 6.07) is 5.95. The van der Waals surface area contributed by atoms with Crippen molar-refractivity contribution in [2.45, 2.75) is 46.0 Å². The molecule has 1 N–H and O–H groups in total. The average molecular weight is 359 g/mol. The molecule has 142 valence electrons. The van der Waals surface area contributed by atoms with Crippen LogP contribution in [0.4, 0.5) is 5.69 Å². The Labute approximate surface area is 155 Å². The summed E-state index contributed by atoms with van der Waals surface area (Å²) in [5.41, 5.74) is 2.16. The van der Waals surface area contributed by atoms with Crippen LogP contribution in [0.3, 0.4) is 0 Å². The number of hydrogen-bond donors (Lipinski definition) is 1. The zero-order chi connectivity index (χ0) is 18.8. The van der Waals surface area contributed by atoms with Crippen molar-refractivity contribution in [1.82, 2.24) is 0 Å². The number of anilines is 1. The molecule has 1 unspecified atom stereocenters. The number of fused-ring (bicyclic) bond motifs is 1. The normalized spacial score (nSPS) is 25.7. The van der Waals surface area contributed by atoms with Crippen LogP contribution in [0, 0.1) is 23.7 Å². The van der Waals surface area contributed by atoms with Crippen LogP contribution >= 0.6 is 0 Å². The van der Waals surface area contributed by atoms with Crippen molar-refractivity contribution in [3.8, 4) is 5.75 Å². The quantitative estimate of drug-likeness (QED) is 0.889. The van der Waals surface area contributed by atoms with Crippen LogP contribution in [0.15, 0.2) is 18.2 Å². The predicted molar refractivity (Wildman–Crippen MR) is 100 cm³/mol. The Kier molecular flexibility index (Phi) is 5.54. The lowest BCUT2D eigenvalue weighted by atomic mass is 9.80. The van der Waals surface area contributed by atoms with Gasteiger partial charge in [0.2, 0.25) is 5.91 Å². The maximum absolute atomic E-state index is 13.3. The number of hydrogen-bond acceptors (Lipinski definition) is 3. The monoisotopic (exact) mass is 359 g/mol. The Morgan fingerprint density at radius 3 is 2.38 bits per heavy atom. The molecule has 1 saturated carbocycles. The third-order valence-electron chi connectivity index (χ3n) is 6.11. The zero-order valence-electron chi connectivity index (χ0n) is 15.9. The van der Waals surface area contributed by atoms with Gasteiger partial charge in [0.15, 0.2) is 0 Å². The van der Waals surface area contributed by atoms with E-state index in [0.717, 1.165) is 24.4 Å². The second kappa shape index (κ2) is 7.68. The van der Waals surface area contributed by atoms with Crippen LogP contribution in [0.1, 0.15) is 45.1 Å². The molecular weight excluding hydrogens is 330 g/mol. The summed E-state index contributed by atoms with van der Waals surface area (Å²) in [6.45, 7) is 5.15. The van der Waals surface area contributed by atoms with E-state index in [9.17, 15) is 14.7 Å². The minimum atomic E-state index is -0.730. The number of methoxy groups -OCH3 is 1. The molecule has 2 aliphatic rings. The minimum absolute atomic E-state index is 0.0635. The number of carboxylic acids is 1. The van der Waals surface area contributed by atoms with E-state index in [-0.39, 0.29) is 17.7 Å². The fourth-order valence-electron chi connectivity index (χ4n) is 4.26. The molecule has 1 amide bonds. The summed E-state index contributed by atoms with van der Waals surface area (Å²) < 4.78 is 5.36. The number of amides is 1. The number of carbonyl (C=O) groups is 2. The molecular formula is C21H29NO4. The third-order valence-corrected chi connectivity index (χ3v) is 6.11. The highest BCUT2D eigenvalue weighted by molar-refractivity contribution is 5.96. The molecule has 0 spiro atoms. The van der Waals surface area contributed by atoms with Crippen LogP contribution in [0.2, 0.25) is 0 Å². The van der Waals surface area contributed by atoms with Gasteiger partial charge in [-0.3, -0.25) is 9.59 Å². The van der Waals surface area contributed by atoms with Gasteiger partial charge >= 0.3 is 5.97 Å². The van der Waals surface area contributed by atoms with E-state index in [1.807, 2.05) is 23.1 Å². The molecule has 1 fully saturated rings. The van der Waals surface area contributed by atoms with E-state index >= 15 is 0 Å². The molecule has 1 aromatic rings. The van der Waals surface area contributed by atoms with Gasteiger partial charge in [-0.2, -0.15) is 0 Å². The molecule has 1 aromatic carbocycles. The van der Waals surface area contributed by atoms with Crippen molar-refractivity contribution >= 4 is 17.6 Å². The lowest BCUT2D eigenvalue weighted by Crippen LogP contribution is -2.45. The first-order valence-corrected chi connectivity index (χ1v) is 9.61. The summed E-state index contributed by atoms with van der Waals surface area (Å²) in [5, 5.41) is 9.18. The van der Waals surface area contributed by atoms with E-state index in [2.05, 4.69) is 13.8 Å². The van der Waals surface area contributed by atoms with Gasteiger partial charge in [0.25, 0.3) is 0 Å². The maximum atomic E-state index is 13.3. The molecule has 0 bridgehead atoms. The topological polar surface area (TPSA) is 66.8 Å². The molecule has 26 heavy (non-hydrogen) atoms. The largest absolute Gasteiger partial charge is 0.497 e. The van der Waals surface area contributed by atoms with E-state index in [4.69, 9.17) is 4.74 Å². The number of benzene rings is 1. The first-order valence-electron chi connectivity index (χ1n) is 9.61. The number of nitrogens with zero attached hydrogens (tertiary/aromatic N) is 1. The van der Waals surface area contributed by atoms with Gasteiger partial charge in [0, 0.05) is 18.2 Å². The molecule has 5 nitrogen and oxygen atoms in total. The maximum Gasteiger partial charge on any atom is 0.306 e. The number of ether oxygens (including phenoxy) is 1. The predicted octanol–water partition coefficient (Wildman–Crippen LogP) is 3.75. The van der Waals surface area contributed by atoms with Crippen LogP contribution in [0.5, 0.6) is 5.75 Å². The minimum Gasteiger partial charge on any atom is -0.497 e.